The molecule has 1 rings (SSSR count). The molecule has 128 valence electrons. The third-order valence-electron chi connectivity index (χ3n) is 3.80. The minimum atomic E-state index is 0. The molecule has 1 saturated heterocycles. The van der Waals surface area contributed by atoms with Gasteiger partial charge in [-0.15, -0.1) is 24.8 Å². The minimum absolute atomic E-state index is 0. The highest BCUT2D eigenvalue weighted by Gasteiger charge is 2.20. The van der Waals surface area contributed by atoms with E-state index in [1.807, 2.05) is 0 Å². The second-order valence-corrected chi connectivity index (χ2v) is 5.54. The van der Waals surface area contributed by atoms with Gasteiger partial charge in [0.1, 0.15) is 0 Å². The number of piperidine rings is 1. The van der Waals surface area contributed by atoms with Crippen molar-refractivity contribution in [3.63, 3.8) is 0 Å². The number of likely N-dealkylation sites (tertiary alicyclic amines) is 1. The fraction of sp³-hybridized carbons (Fsp3) is 0.929. The van der Waals surface area contributed by atoms with Gasteiger partial charge in [0.15, 0.2) is 0 Å². The second kappa shape index (κ2) is 13.6. The predicted octanol–water partition coefficient (Wildman–Crippen LogP) is 1.30. The Kier molecular flexibility index (Phi) is 15.0. The van der Waals surface area contributed by atoms with E-state index in [4.69, 9.17) is 4.74 Å². The summed E-state index contributed by atoms with van der Waals surface area (Å²) in [6.07, 6.45) is 2.55. The number of ether oxygens (including phenoxy) is 1. The summed E-state index contributed by atoms with van der Waals surface area (Å²) in [5.41, 5.74) is 0. The van der Waals surface area contributed by atoms with E-state index in [1.54, 1.807) is 7.11 Å². The van der Waals surface area contributed by atoms with Gasteiger partial charge in [-0.2, -0.15) is 0 Å². The van der Waals surface area contributed by atoms with Gasteiger partial charge in [-0.25, -0.2) is 0 Å². The Labute approximate surface area is 141 Å². The number of nitrogens with one attached hydrogen (secondary N) is 2. The second-order valence-electron chi connectivity index (χ2n) is 5.54. The molecule has 1 unspecified atom stereocenters. The lowest BCUT2D eigenvalue weighted by molar-refractivity contribution is -0.120. The van der Waals surface area contributed by atoms with Crippen molar-refractivity contribution < 1.29 is 9.53 Å². The first kappa shape index (κ1) is 23.2. The van der Waals surface area contributed by atoms with Gasteiger partial charge < -0.3 is 15.4 Å². The number of rotatable bonds is 8. The Morgan fingerprint density at radius 2 is 1.95 bits per heavy atom. The molecular weight excluding hydrogens is 313 g/mol. The van der Waals surface area contributed by atoms with Crippen LogP contribution in [0, 0.1) is 5.92 Å². The van der Waals surface area contributed by atoms with Crippen molar-refractivity contribution in [1.82, 2.24) is 15.5 Å². The quantitative estimate of drug-likeness (QED) is 0.652. The lowest BCUT2D eigenvalue weighted by atomic mass is 9.98. The third kappa shape index (κ3) is 10.3. The Morgan fingerprint density at radius 1 is 1.33 bits per heavy atom. The Bertz CT molecular complexity index is 263. The molecule has 1 fully saturated rings. The number of carbonyl (C=O) groups is 1. The molecule has 21 heavy (non-hydrogen) atoms. The number of amides is 1. The van der Waals surface area contributed by atoms with Gasteiger partial charge >= 0.3 is 0 Å². The van der Waals surface area contributed by atoms with Crippen LogP contribution in [0.25, 0.3) is 0 Å². The summed E-state index contributed by atoms with van der Waals surface area (Å²) in [4.78, 5) is 14.1. The number of hydrogen-bond acceptors (Lipinski definition) is 4. The van der Waals surface area contributed by atoms with Crippen LogP contribution in [0.5, 0.6) is 0 Å². The fourth-order valence-corrected chi connectivity index (χ4v) is 2.30. The molecule has 0 bridgehead atoms. The van der Waals surface area contributed by atoms with E-state index in [0.29, 0.717) is 25.7 Å². The van der Waals surface area contributed by atoms with E-state index in [2.05, 4.69) is 29.4 Å². The Hall–Kier alpha value is -0.0700. The first-order valence-electron chi connectivity index (χ1n) is 7.34. The summed E-state index contributed by atoms with van der Waals surface area (Å²) in [6, 6.07) is 0.426. The van der Waals surface area contributed by atoms with Crippen molar-refractivity contribution in [3.8, 4) is 0 Å². The van der Waals surface area contributed by atoms with Gasteiger partial charge in [0.25, 0.3) is 0 Å². The molecule has 1 heterocycles. The molecule has 1 aliphatic heterocycles. The van der Waals surface area contributed by atoms with Gasteiger partial charge in [-0.3, -0.25) is 9.69 Å². The fourth-order valence-electron chi connectivity index (χ4n) is 2.30. The average molecular weight is 344 g/mol. The summed E-state index contributed by atoms with van der Waals surface area (Å²) in [5.74, 6) is 0.913. The summed E-state index contributed by atoms with van der Waals surface area (Å²) >= 11 is 0. The topological polar surface area (TPSA) is 53.6 Å². The van der Waals surface area contributed by atoms with Crippen molar-refractivity contribution in [2.75, 3.05) is 46.4 Å². The van der Waals surface area contributed by atoms with E-state index in [-0.39, 0.29) is 30.7 Å². The molecule has 1 amide bonds. The predicted molar refractivity (Wildman–Crippen MR) is 91.7 cm³/mol. The molecule has 0 aliphatic carbocycles. The maximum atomic E-state index is 11.6. The van der Waals surface area contributed by atoms with Crippen molar-refractivity contribution in [3.05, 3.63) is 0 Å². The smallest absolute Gasteiger partial charge is 0.234 e. The van der Waals surface area contributed by atoms with Gasteiger partial charge in [-0.05, 0) is 38.8 Å². The molecule has 0 saturated carbocycles. The van der Waals surface area contributed by atoms with Crippen LogP contribution >= 0.6 is 24.8 Å². The normalized spacial score (nSPS) is 17.5. The molecule has 0 aromatic carbocycles. The lowest BCUT2D eigenvalue weighted by Crippen LogP contribution is -2.47. The van der Waals surface area contributed by atoms with Gasteiger partial charge in [0, 0.05) is 26.2 Å². The Balaban J connectivity index is 0. The van der Waals surface area contributed by atoms with Gasteiger partial charge in [-0.1, -0.05) is 6.92 Å². The zero-order valence-corrected chi connectivity index (χ0v) is 15.0. The number of halogens is 2. The van der Waals surface area contributed by atoms with E-state index >= 15 is 0 Å². The molecule has 0 aromatic heterocycles. The van der Waals surface area contributed by atoms with Gasteiger partial charge in [0.05, 0.1) is 13.2 Å². The molecule has 7 heteroatoms. The van der Waals surface area contributed by atoms with Crippen molar-refractivity contribution in [2.24, 2.45) is 5.92 Å². The van der Waals surface area contributed by atoms with Crippen LogP contribution in [0.3, 0.4) is 0 Å². The van der Waals surface area contributed by atoms with Crippen molar-refractivity contribution >= 4 is 30.7 Å². The third-order valence-corrected chi connectivity index (χ3v) is 3.80. The van der Waals surface area contributed by atoms with Crippen molar-refractivity contribution in [2.45, 2.75) is 32.7 Å². The summed E-state index contributed by atoms with van der Waals surface area (Å²) in [5, 5.41) is 6.03. The number of carbonyl (C=O) groups excluding carboxylic acids is 1. The summed E-state index contributed by atoms with van der Waals surface area (Å²) in [6.45, 7) is 9.27. The minimum Gasteiger partial charge on any atom is -0.383 e. The Morgan fingerprint density at radius 3 is 2.52 bits per heavy atom. The van der Waals surface area contributed by atoms with Crippen LogP contribution in [0.4, 0.5) is 0 Å². The van der Waals surface area contributed by atoms with Gasteiger partial charge in [0.2, 0.25) is 5.91 Å². The van der Waals surface area contributed by atoms with Crippen LogP contribution < -0.4 is 10.6 Å². The van der Waals surface area contributed by atoms with Crippen LogP contribution in [0.2, 0.25) is 0 Å². The average Bonchev–Trinajstić information content (AvgIpc) is 2.42. The first-order valence-corrected chi connectivity index (χ1v) is 7.34. The molecule has 1 aliphatic rings. The number of hydrogen-bond donors (Lipinski definition) is 2. The van der Waals surface area contributed by atoms with E-state index in [9.17, 15) is 4.79 Å². The standard InChI is InChI=1S/C14H29N3O2.2ClH/c1-12-4-7-17(8-5-12)13(2)10-16-14(18)11-15-6-9-19-3;;/h12-13,15H,4-11H2,1-3H3,(H,16,18);2*1H. The SMILES string of the molecule is COCCNCC(=O)NCC(C)N1CCC(C)CC1.Cl.Cl. The highest BCUT2D eigenvalue weighted by Crippen LogP contribution is 2.17. The maximum Gasteiger partial charge on any atom is 0.234 e. The van der Waals surface area contributed by atoms with Crippen LogP contribution in [-0.2, 0) is 9.53 Å². The highest BCUT2D eigenvalue weighted by atomic mass is 35.5. The summed E-state index contributed by atoms with van der Waals surface area (Å²) in [7, 11) is 1.66. The molecule has 0 aromatic rings. The summed E-state index contributed by atoms with van der Waals surface area (Å²) < 4.78 is 4.91. The number of nitrogens with zero attached hydrogens (tertiary/aromatic N) is 1. The molecule has 1 atom stereocenters. The zero-order chi connectivity index (χ0) is 14.1. The highest BCUT2D eigenvalue weighted by molar-refractivity contribution is 5.85. The molecule has 2 N–H and O–H groups in total. The van der Waals surface area contributed by atoms with E-state index < -0.39 is 0 Å². The largest absolute Gasteiger partial charge is 0.383 e. The number of methoxy groups -OCH3 is 1. The molecular formula is C14H31Cl2N3O2. The zero-order valence-electron chi connectivity index (χ0n) is 13.4. The molecule has 0 radical (unpaired) electrons. The van der Waals surface area contributed by atoms with Crippen LogP contribution in [0.1, 0.15) is 26.7 Å². The van der Waals surface area contributed by atoms with Crippen molar-refractivity contribution in [1.29, 1.82) is 0 Å². The molecule has 5 nitrogen and oxygen atoms in total. The van der Waals surface area contributed by atoms with E-state index in [1.165, 1.54) is 12.8 Å². The van der Waals surface area contributed by atoms with Crippen LogP contribution in [0.15, 0.2) is 0 Å². The molecule has 0 spiro atoms. The van der Waals surface area contributed by atoms with E-state index in [0.717, 1.165) is 25.6 Å². The monoisotopic (exact) mass is 343 g/mol. The van der Waals surface area contributed by atoms with Crippen LogP contribution in [-0.4, -0.2) is 63.3 Å². The lowest BCUT2D eigenvalue weighted by Gasteiger charge is -2.35. The first-order chi connectivity index (χ1) is 9.13. The maximum absolute atomic E-state index is 11.6.